The number of carbonyl (C=O) groups excluding carboxylic acids is 1. The van der Waals surface area contributed by atoms with E-state index in [1.54, 1.807) is 0 Å². The predicted molar refractivity (Wildman–Crippen MR) is 82.2 cm³/mol. The molecule has 3 rings (SSSR count). The van der Waals surface area contributed by atoms with Gasteiger partial charge in [0.15, 0.2) is 11.5 Å². The van der Waals surface area contributed by atoms with Crippen molar-refractivity contribution >= 4 is 5.97 Å². The molecule has 5 heteroatoms. The van der Waals surface area contributed by atoms with Gasteiger partial charge in [0, 0.05) is 18.9 Å². The Kier molecular flexibility index (Phi) is 3.83. The standard InChI is InChI=1S/C17H21NO4/c1-18(2)6-5-10-3-4-16-12(7-10)11-8-14(19)15(20)9-13(11)17(21)22-16/h3,8-9,12,16,19-20H,4-7H2,1-2H3/t12-,16-/m1/s1. The number of phenolic OH excluding ortho intramolecular Hbond substituents is 2. The normalized spacial score (nSPS) is 23.6. The molecule has 0 aromatic heterocycles. The third kappa shape index (κ3) is 2.68. The summed E-state index contributed by atoms with van der Waals surface area (Å²) in [7, 11) is 4.09. The van der Waals surface area contributed by atoms with Gasteiger partial charge in [-0.15, -0.1) is 0 Å². The zero-order valence-electron chi connectivity index (χ0n) is 12.9. The van der Waals surface area contributed by atoms with Crippen molar-refractivity contribution in [1.29, 1.82) is 0 Å². The summed E-state index contributed by atoms with van der Waals surface area (Å²) in [6.45, 7) is 0.983. The van der Waals surface area contributed by atoms with Crippen LogP contribution < -0.4 is 0 Å². The van der Waals surface area contributed by atoms with Gasteiger partial charge in [-0.05, 0) is 44.6 Å². The molecule has 0 radical (unpaired) electrons. The van der Waals surface area contributed by atoms with E-state index in [2.05, 4.69) is 11.0 Å². The van der Waals surface area contributed by atoms with E-state index in [9.17, 15) is 15.0 Å². The summed E-state index contributed by atoms with van der Waals surface area (Å²) in [5.74, 6) is -0.831. The molecule has 2 atom stereocenters. The van der Waals surface area contributed by atoms with Crippen LogP contribution in [0.15, 0.2) is 23.8 Å². The van der Waals surface area contributed by atoms with E-state index < -0.39 is 5.97 Å². The van der Waals surface area contributed by atoms with Crippen LogP contribution in [0.1, 0.15) is 41.1 Å². The van der Waals surface area contributed by atoms with Gasteiger partial charge < -0.3 is 19.8 Å². The fourth-order valence-corrected chi connectivity index (χ4v) is 3.23. The van der Waals surface area contributed by atoms with E-state index >= 15 is 0 Å². The first kappa shape index (κ1) is 14.9. The van der Waals surface area contributed by atoms with E-state index in [4.69, 9.17) is 4.74 Å². The fourth-order valence-electron chi connectivity index (χ4n) is 3.23. The molecule has 0 amide bonds. The Balaban J connectivity index is 1.89. The minimum Gasteiger partial charge on any atom is -0.504 e. The molecule has 118 valence electrons. The van der Waals surface area contributed by atoms with Crippen LogP contribution >= 0.6 is 0 Å². The van der Waals surface area contributed by atoms with Gasteiger partial charge in [0.2, 0.25) is 0 Å². The number of fused-ring (bicyclic) bond motifs is 3. The summed E-state index contributed by atoms with van der Waals surface area (Å²) < 4.78 is 5.50. The van der Waals surface area contributed by atoms with Gasteiger partial charge in [0.05, 0.1) is 5.56 Å². The summed E-state index contributed by atoms with van der Waals surface area (Å²) in [5, 5.41) is 19.4. The molecule has 2 aliphatic rings. The second kappa shape index (κ2) is 5.65. The molecule has 0 unspecified atom stereocenters. The number of esters is 1. The number of hydrogen-bond donors (Lipinski definition) is 2. The molecule has 0 bridgehead atoms. The molecule has 2 N–H and O–H groups in total. The molecule has 0 fully saturated rings. The van der Waals surface area contributed by atoms with E-state index in [-0.39, 0.29) is 23.5 Å². The average Bonchev–Trinajstić information content (AvgIpc) is 2.47. The highest BCUT2D eigenvalue weighted by Crippen LogP contribution is 2.44. The van der Waals surface area contributed by atoms with Crippen LogP contribution in [0.25, 0.3) is 0 Å². The number of rotatable bonds is 3. The predicted octanol–water partition coefficient (Wildman–Crippen LogP) is 2.39. The summed E-state index contributed by atoms with van der Waals surface area (Å²) >= 11 is 0. The van der Waals surface area contributed by atoms with Gasteiger partial charge in [-0.3, -0.25) is 0 Å². The lowest BCUT2D eigenvalue weighted by atomic mass is 9.77. The van der Waals surface area contributed by atoms with Gasteiger partial charge in [0.1, 0.15) is 6.10 Å². The number of aromatic hydroxyl groups is 2. The molecule has 22 heavy (non-hydrogen) atoms. The molecular formula is C17H21NO4. The van der Waals surface area contributed by atoms with Crippen molar-refractivity contribution in [1.82, 2.24) is 4.90 Å². The highest BCUT2D eigenvalue weighted by molar-refractivity contribution is 5.93. The molecule has 1 aliphatic carbocycles. The summed E-state index contributed by atoms with van der Waals surface area (Å²) in [6.07, 6.45) is 4.52. The minimum absolute atomic E-state index is 0.0568. The van der Waals surface area contributed by atoms with Crippen molar-refractivity contribution in [2.75, 3.05) is 20.6 Å². The van der Waals surface area contributed by atoms with Crippen molar-refractivity contribution in [3.63, 3.8) is 0 Å². The first-order valence-corrected chi connectivity index (χ1v) is 7.55. The number of hydrogen-bond acceptors (Lipinski definition) is 5. The lowest BCUT2D eigenvalue weighted by molar-refractivity contribution is 0.0164. The van der Waals surface area contributed by atoms with Crippen molar-refractivity contribution in [2.24, 2.45) is 0 Å². The van der Waals surface area contributed by atoms with Crippen LogP contribution in [0.5, 0.6) is 11.5 Å². The quantitative estimate of drug-likeness (QED) is 0.510. The smallest absolute Gasteiger partial charge is 0.338 e. The molecular weight excluding hydrogens is 282 g/mol. The first-order chi connectivity index (χ1) is 10.5. The number of nitrogens with zero attached hydrogens (tertiary/aromatic N) is 1. The van der Waals surface area contributed by atoms with Crippen LogP contribution in [0.4, 0.5) is 0 Å². The van der Waals surface area contributed by atoms with Crippen molar-refractivity contribution < 1.29 is 19.7 Å². The maximum atomic E-state index is 12.1. The van der Waals surface area contributed by atoms with Gasteiger partial charge in [-0.1, -0.05) is 11.6 Å². The third-order valence-corrected chi connectivity index (χ3v) is 4.47. The minimum atomic E-state index is -0.420. The van der Waals surface area contributed by atoms with Crippen molar-refractivity contribution in [2.45, 2.75) is 31.3 Å². The molecule has 1 heterocycles. The Morgan fingerprint density at radius 2 is 2.00 bits per heavy atom. The van der Waals surface area contributed by atoms with E-state index in [0.29, 0.717) is 12.0 Å². The Labute approximate surface area is 129 Å². The highest BCUT2D eigenvalue weighted by atomic mass is 16.5. The van der Waals surface area contributed by atoms with Gasteiger partial charge in [-0.25, -0.2) is 4.79 Å². The Morgan fingerprint density at radius 3 is 2.73 bits per heavy atom. The monoisotopic (exact) mass is 303 g/mol. The second-order valence-electron chi connectivity index (χ2n) is 6.33. The van der Waals surface area contributed by atoms with Crippen LogP contribution in [0.2, 0.25) is 0 Å². The highest BCUT2D eigenvalue weighted by Gasteiger charge is 2.38. The third-order valence-electron chi connectivity index (χ3n) is 4.47. The number of carbonyl (C=O) groups is 1. The van der Waals surface area contributed by atoms with Gasteiger partial charge in [-0.2, -0.15) is 0 Å². The second-order valence-corrected chi connectivity index (χ2v) is 6.33. The lowest BCUT2D eigenvalue weighted by Gasteiger charge is -2.36. The maximum absolute atomic E-state index is 12.1. The Morgan fingerprint density at radius 1 is 1.27 bits per heavy atom. The summed E-state index contributed by atoms with van der Waals surface area (Å²) in [4.78, 5) is 14.2. The summed E-state index contributed by atoms with van der Waals surface area (Å²) in [5.41, 5.74) is 2.50. The molecule has 1 aromatic rings. The van der Waals surface area contributed by atoms with Gasteiger partial charge in [0.25, 0.3) is 0 Å². The van der Waals surface area contributed by atoms with E-state index in [1.165, 1.54) is 17.7 Å². The zero-order valence-corrected chi connectivity index (χ0v) is 12.9. The fraction of sp³-hybridized carbons (Fsp3) is 0.471. The van der Waals surface area contributed by atoms with Crippen LogP contribution in [0, 0.1) is 0 Å². The van der Waals surface area contributed by atoms with Crippen LogP contribution in [-0.4, -0.2) is 47.8 Å². The molecule has 1 aliphatic heterocycles. The molecule has 0 spiro atoms. The first-order valence-electron chi connectivity index (χ1n) is 7.55. The molecule has 0 saturated carbocycles. The molecule has 5 nitrogen and oxygen atoms in total. The maximum Gasteiger partial charge on any atom is 0.338 e. The van der Waals surface area contributed by atoms with E-state index in [0.717, 1.165) is 24.9 Å². The number of phenols is 2. The number of benzene rings is 1. The largest absolute Gasteiger partial charge is 0.504 e. The SMILES string of the molecule is CN(C)CCC1=CC[C@H]2OC(=O)c3cc(O)c(O)cc3[C@H]2C1. The average molecular weight is 303 g/mol. The zero-order chi connectivity index (χ0) is 15.9. The Hall–Kier alpha value is -2.01. The van der Waals surface area contributed by atoms with Crippen LogP contribution in [-0.2, 0) is 4.74 Å². The molecule has 0 saturated heterocycles. The Bertz CT molecular complexity index is 636. The van der Waals surface area contributed by atoms with Crippen molar-refractivity contribution in [3.05, 3.63) is 34.9 Å². The van der Waals surface area contributed by atoms with Crippen LogP contribution in [0.3, 0.4) is 0 Å². The van der Waals surface area contributed by atoms with Gasteiger partial charge >= 0.3 is 5.97 Å². The van der Waals surface area contributed by atoms with Crippen molar-refractivity contribution in [3.8, 4) is 11.5 Å². The number of ether oxygens (including phenoxy) is 1. The van der Waals surface area contributed by atoms with E-state index in [1.807, 2.05) is 14.1 Å². The summed E-state index contributed by atoms with van der Waals surface area (Å²) in [6, 6.07) is 2.82. The molecule has 1 aromatic carbocycles. The topological polar surface area (TPSA) is 70.0 Å². The lowest BCUT2D eigenvalue weighted by Crippen LogP contribution is -2.34.